The zero-order chi connectivity index (χ0) is 21.7. The fourth-order valence-corrected chi connectivity index (χ4v) is 1.95. The molecule has 15 nitrogen and oxygen atoms in total. The number of hydrogen-bond acceptors (Lipinski definition) is 15. The van der Waals surface area contributed by atoms with E-state index < -0.39 is 87.8 Å². The third-order valence-corrected chi connectivity index (χ3v) is 3.39. The summed E-state index contributed by atoms with van der Waals surface area (Å²) < 4.78 is 27.3. The molecule has 0 aromatic rings. The van der Waals surface area contributed by atoms with Crippen molar-refractivity contribution in [1.29, 1.82) is 0 Å². The molecule has 0 radical (unpaired) electrons. The molecule has 0 bridgehead atoms. The molecule has 29 heavy (non-hydrogen) atoms. The van der Waals surface area contributed by atoms with Crippen molar-refractivity contribution in [3.05, 3.63) is 0 Å². The molecule has 2 rings (SSSR count). The van der Waals surface area contributed by atoms with Gasteiger partial charge in [-0.3, -0.25) is 28.8 Å². The molecular formula is C12H15B2N3O12. The van der Waals surface area contributed by atoms with Gasteiger partial charge in [0.1, 0.15) is 18.1 Å². The Bertz CT molecular complexity index is 733. The summed E-state index contributed by atoms with van der Waals surface area (Å²) in [5.41, 5.74) is 16.1. The van der Waals surface area contributed by atoms with E-state index in [2.05, 4.69) is 27.9 Å². The Morgan fingerprint density at radius 2 is 1.34 bits per heavy atom. The molecule has 2 aliphatic rings. The lowest BCUT2D eigenvalue weighted by Crippen LogP contribution is -2.43. The van der Waals surface area contributed by atoms with Gasteiger partial charge in [-0.25, -0.2) is 0 Å². The van der Waals surface area contributed by atoms with Crippen LogP contribution in [-0.4, -0.2) is 68.6 Å². The van der Waals surface area contributed by atoms with Crippen LogP contribution < -0.4 is 17.2 Å². The van der Waals surface area contributed by atoms with Crippen molar-refractivity contribution in [3.63, 3.8) is 0 Å². The lowest BCUT2D eigenvalue weighted by atomic mass is 10.1. The number of hydrogen-bond donors (Lipinski definition) is 3. The minimum atomic E-state index is -2.04. The molecule has 3 atom stereocenters. The summed E-state index contributed by atoms with van der Waals surface area (Å²) >= 11 is 0. The smallest absolute Gasteiger partial charge is 0.462 e. The molecule has 0 aromatic heterocycles. The van der Waals surface area contributed by atoms with Gasteiger partial charge in [0.05, 0.1) is 19.3 Å². The first-order valence-corrected chi connectivity index (χ1v) is 8.02. The Hall–Kier alpha value is -3.17. The lowest BCUT2D eigenvalue weighted by Gasteiger charge is -2.15. The van der Waals surface area contributed by atoms with Gasteiger partial charge in [0.15, 0.2) is 0 Å². The first-order chi connectivity index (χ1) is 13.5. The molecule has 2 fully saturated rings. The van der Waals surface area contributed by atoms with Crippen LogP contribution in [0.15, 0.2) is 0 Å². The monoisotopic (exact) mass is 415 g/mol. The van der Waals surface area contributed by atoms with E-state index in [0.717, 1.165) is 0 Å². The third-order valence-electron chi connectivity index (χ3n) is 3.39. The third kappa shape index (κ3) is 6.44. The Kier molecular flexibility index (Phi) is 7.13. The van der Waals surface area contributed by atoms with Crippen LogP contribution in [0, 0.1) is 0 Å². The van der Waals surface area contributed by atoms with Crippen LogP contribution in [0.5, 0.6) is 0 Å². The maximum Gasteiger partial charge on any atom is 0.870 e. The van der Waals surface area contributed by atoms with E-state index in [9.17, 15) is 28.8 Å². The Labute approximate surface area is 162 Å². The molecule has 0 amide bonds. The molecule has 17 heteroatoms. The van der Waals surface area contributed by atoms with Crippen LogP contribution in [-0.2, 0) is 56.7 Å². The second kappa shape index (κ2) is 9.35. The quantitative estimate of drug-likeness (QED) is 0.358. The second-order valence-corrected chi connectivity index (χ2v) is 5.79. The fraction of sp³-hybridized carbons (Fsp3) is 0.500. The highest BCUT2D eigenvalue weighted by Gasteiger charge is 2.44. The first-order valence-electron chi connectivity index (χ1n) is 8.02. The van der Waals surface area contributed by atoms with Crippen LogP contribution in [0.1, 0.15) is 19.3 Å². The largest absolute Gasteiger partial charge is 0.870 e. The van der Waals surface area contributed by atoms with Crippen molar-refractivity contribution in [1.82, 2.24) is 0 Å². The molecule has 2 heterocycles. The molecule has 0 spiro atoms. The molecule has 156 valence electrons. The summed E-state index contributed by atoms with van der Waals surface area (Å²) in [7, 11) is -4.05. The van der Waals surface area contributed by atoms with Crippen LogP contribution in [0.25, 0.3) is 0 Å². The lowest BCUT2D eigenvalue weighted by molar-refractivity contribution is -0.151. The maximum absolute atomic E-state index is 11.9. The molecule has 6 N–H and O–H groups in total. The van der Waals surface area contributed by atoms with Gasteiger partial charge in [-0.1, -0.05) is 0 Å². The second-order valence-electron chi connectivity index (χ2n) is 5.79. The van der Waals surface area contributed by atoms with Crippen molar-refractivity contribution in [2.75, 3.05) is 0 Å². The summed E-state index contributed by atoms with van der Waals surface area (Å²) in [6, 6.07) is -4.26. The molecule has 0 saturated carbocycles. The van der Waals surface area contributed by atoms with Crippen LogP contribution in [0.2, 0.25) is 0 Å². The van der Waals surface area contributed by atoms with E-state index in [-0.39, 0.29) is 0 Å². The number of rotatable bonds is 5. The van der Waals surface area contributed by atoms with E-state index >= 15 is 0 Å². The van der Waals surface area contributed by atoms with Gasteiger partial charge in [-0.05, 0) is 0 Å². The van der Waals surface area contributed by atoms with Crippen molar-refractivity contribution < 1.29 is 56.7 Å². The highest BCUT2D eigenvalue weighted by molar-refractivity contribution is 6.45. The van der Waals surface area contributed by atoms with Crippen molar-refractivity contribution in [2.24, 2.45) is 17.2 Å². The normalized spacial score (nSPS) is 23.6. The average Bonchev–Trinajstić information content (AvgIpc) is 2.79. The minimum absolute atomic E-state index is 0.485. The fourth-order valence-electron chi connectivity index (χ4n) is 1.95. The van der Waals surface area contributed by atoms with E-state index in [4.69, 9.17) is 17.2 Å². The summed E-state index contributed by atoms with van der Waals surface area (Å²) in [6.45, 7) is 0. The molecule has 0 unspecified atom stereocenters. The van der Waals surface area contributed by atoms with E-state index in [1.54, 1.807) is 0 Å². The van der Waals surface area contributed by atoms with Crippen LogP contribution >= 0.6 is 0 Å². The minimum Gasteiger partial charge on any atom is -0.462 e. The standard InChI is InChI=1S/C12H15B2N3O12/c15-4-1-7(18)24-13(27-10(4)21)25-8(19)2-5(16)11(22)28-14-26-9(20)3-6(17)12(23)29-14/h4-6H,1-3,15-17H2/t4-,5-,6+/m0/s1. The van der Waals surface area contributed by atoms with Gasteiger partial charge in [-0.15, -0.1) is 0 Å². The highest BCUT2D eigenvalue weighted by atomic mass is 16.8. The molecule has 2 aliphatic heterocycles. The predicted octanol–water partition coefficient (Wildman–Crippen LogP) is -4.61. The Balaban J connectivity index is 1.86. The molecule has 0 aromatic carbocycles. The summed E-state index contributed by atoms with van der Waals surface area (Å²) in [5.74, 6) is -6.55. The van der Waals surface area contributed by atoms with Gasteiger partial charge in [0.25, 0.3) is 17.9 Å². The zero-order valence-corrected chi connectivity index (χ0v) is 14.6. The summed E-state index contributed by atoms with van der Waals surface area (Å²) in [4.78, 5) is 69.4. The van der Waals surface area contributed by atoms with E-state index in [0.29, 0.717) is 0 Å². The number of nitrogens with two attached hydrogens (primary N) is 3. The molecule has 2 saturated heterocycles. The molecule has 0 aliphatic carbocycles. The van der Waals surface area contributed by atoms with Crippen molar-refractivity contribution in [3.8, 4) is 0 Å². The SMILES string of the molecule is N[C@@H]1CC(=O)OB(OC(=O)[C@@H](N)CC(=O)OB2OC(=O)C[C@H](N)C(=O)O2)OC1=O. The van der Waals surface area contributed by atoms with Crippen molar-refractivity contribution in [2.45, 2.75) is 37.4 Å². The summed E-state index contributed by atoms with van der Waals surface area (Å²) in [6.07, 6.45) is -1.81. The average molecular weight is 415 g/mol. The maximum atomic E-state index is 11.9. The zero-order valence-electron chi connectivity index (χ0n) is 14.6. The van der Waals surface area contributed by atoms with E-state index in [1.165, 1.54) is 0 Å². The Morgan fingerprint density at radius 1 is 0.897 bits per heavy atom. The van der Waals surface area contributed by atoms with Gasteiger partial charge < -0.3 is 45.1 Å². The number of carbonyl (C=O) groups excluding carboxylic acids is 6. The van der Waals surface area contributed by atoms with Gasteiger partial charge in [-0.2, -0.15) is 0 Å². The Morgan fingerprint density at radius 3 is 1.83 bits per heavy atom. The number of carbonyl (C=O) groups is 6. The summed E-state index contributed by atoms with van der Waals surface area (Å²) in [5, 5.41) is 0. The predicted molar refractivity (Wildman–Crippen MR) is 85.8 cm³/mol. The van der Waals surface area contributed by atoms with Crippen LogP contribution in [0.4, 0.5) is 0 Å². The van der Waals surface area contributed by atoms with Crippen LogP contribution in [0.3, 0.4) is 0 Å². The first kappa shape index (κ1) is 22.1. The van der Waals surface area contributed by atoms with Gasteiger partial charge in [0.2, 0.25) is 0 Å². The van der Waals surface area contributed by atoms with Crippen molar-refractivity contribution >= 4 is 50.5 Å². The van der Waals surface area contributed by atoms with Gasteiger partial charge >= 0.3 is 32.6 Å². The van der Waals surface area contributed by atoms with Gasteiger partial charge in [0, 0.05) is 0 Å². The molecular weight excluding hydrogens is 400 g/mol. The van der Waals surface area contributed by atoms with E-state index in [1.807, 2.05) is 0 Å². The topological polar surface area (TPSA) is 236 Å². The highest BCUT2D eigenvalue weighted by Crippen LogP contribution is 2.10.